The lowest BCUT2D eigenvalue weighted by Crippen LogP contribution is -2.22. The number of nitrogens with zero attached hydrogens (tertiary/aromatic N) is 4. The predicted molar refractivity (Wildman–Crippen MR) is 138 cm³/mol. The van der Waals surface area contributed by atoms with Crippen LogP contribution in [0.15, 0.2) is 71.9 Å². The van der Waals surface area contributed by atoms with Gasteiger partial charge in [0.05, 0.1) is 4.92 Å². The lowest BCUT2D eigenvalue weighted by Gasteiger charge is -2.08. The van der Waals surface area contributed by atoms with Gasteiger partial charge in [-0.05, 0) is 54.4 Å². The van der Waals surface area contributed by atoms with E-state index in [1.165, 1.54) is 23.9 Å². The van der Waals surface area contributed by atoms with Crippen LogP contribution in [0.1, 0.15) is 28.4 Å². The van der Waals surface area contributed by atoms with Gasteiger partial charge in [-0.3, -0.25) is 14.9 Å². The van der Waals surface area contributed by atoms with Crippen LogP contribution in [0, 0.1) is 10.1 Å². The third-order valence-corrected chi connectivity index (χ3v) is 6.88. The molecule has 10 nitrogen and oxygen atoms in total. The summed E-state index contributed by atoms with van der Waals surface area (Å²) in [5, 5.41) is 23.2. The number of amides is 1. The van der Waals surface area contributed by atoms with Gasteiger partial charge in [0.25, 0.3) is 11.6 Å². The van der Waals surface area contributed by atoms with Crippen molar-refractivity contribution in [2.24, 2.45) is 0 Å². The Balaban J connectivity index is 1.18. The molecular formula is C26H23N5O5S. The number of ether oxygens (including phenoxy) is 2. The highest BCUT2D eigenvalue weighted by molar-refractivity contribution is 7.98. The molecule has 0 atom stereocenters. The maximum Gasteiger partial charge on any atom is 0.269 e. The molecule has 5 rings (SSSR count). The van der Waals surface area contributed by atoms with E-state index in [9.17, 15) is 14.9 Å². The number of nitro groups is 1. The fraction of sp³-hybridized carbons (Fsp3) is 0.192. The molecule has 2 heterocycles. The molecular weight excluding hydrogens is 494 g/mol. The Morgan fingerprint density at radius 3 is 2.49 bits per heavy atom. The minimum Gasteiger partial charge on any atom is -0.454 e. The van der Waals surface area contributed by atoms with Gasteiger partial charge in [-0.1, -0.05) is 30.0 Å². The van der Waals surface area contributed by atoms with E-state index in [2.05, 4.69) is 15.5 Å². The third-order valence-electron chi connectivity index (χ3n) is 5.84. The average Bonchev–Trinajstić information content (AvgIpc) is 3.57. The number of carbonyl (C=O) groups is 1. The number of benzene rings is 3. The van der Waals surface area contributed by atoms with Crippen LogP contribution < -0.4 is 14.8 Å². The number of non-ortho nitro benzene ring substituents is 1. The molecule has 1 aromatic heterocycles. The highest BCUT2D eigenvalue weighted by Crippen LogP contribution is 2.32. The van der Waals surface area contributed by atoms with Gasteiger partial charge in [0.1, 0.15) is 0 Å². The fourth-order valence-electron chi connectivity index (χ4n) is 3.86. The summed E-state index contributed by atoms with van der Waals surface area (Å²) in [5.41, 5.74) is 3.35. The van der Waals surface area contributed by atoms with Gasteiger partial charge in [0, 0.05) is 42.1 Å². The minimum atomic E-state index is -0.427. The highest BCUT2D eigenvalue weighted by Gasteiger charge is 2.16. The first kappa shape index (κ1) is 24.3. The Bertz CT molecular complexity index is 1440. The first-order chi connectivity index (χ1) is 18.0. The number of hydrogen-bond donors (Lipinski definition) is 1. The first-order valence-corrected chi connectivity index (χ1v) is 12.6. The third kappa shape index (κ3) is 5.41. The quantitative estimate of drug-likeness (QED) is 0.190. The number of hydrogen-bond acceptors (Lipinski definition) is 8. The Labute approximate surface area is 216 Å². The number of nitro benzene ring substituents is 1. The second-order valence-electron chi connectivity index (χ2n) is 8.21. The summed E-state index contributed by atoms with van der Waals surface area (Å²) in [4.78, 5) is 23.1. The van der Waals surface area contributed by atoms with Gasteiger partial charge in [-0.15, -0.1) is 10.2 Å². The van der Waals surface area contributed by atoms with E-state index < -0.39 is 4.92 Å². The molecule has 0 fully saturated rings. The summed E-state index contributed by atoms with van der Waals surface area (Å²) in [6.45, 7) is 3.26. The van der Waals surface area contributed by atoms with E-state index in [4.69, 9.17) is 9.47 Å². The second kappa shape index (κ2) is 10.7. The molecule has 4 aromatic rings. The number of fused-ring (bicyclic) bond motifs is 1. The summed E-state index contributed by atoms with van der Waals surface area (Å²) in [6, 6.07) is 19.3. The zero-order chi connectivity index (χ0) is 25.8. The molecule has 1 aliphatic heterocycles. The Morgan fingerprint density at radius 1 is 1.03 bits per heavy atom. The van der Waals surface area contributed by atoms with Crippen LogP contribution >= 0.6 is 11.8 Å². The van der Waals surface area contributed by atoms with Crippen LogP contribution in [0.4, 0.5) is 5.69 Å². The van der Waals surface area contributed by atoms with E-state index in [-0.39, 0.29) is 18.4 Å². The molecule has 0 spiro atoms. The normalized spacial score (nSPS) is 11.9. The molecule has 188 valence electrons. The maximum atomic E-state index is 12.6. The lowest BCUT2D eigenvalue weighted by molar-refractivity contribution is -0.384. The van der Waals surface area contributed by atoms with Crippen LogP contribution in [-0.4, -0.2) is 32.4 Å². The zero-order valence-corrected chi connectivity index (χ0v) is 20.7. The van der Waals surface area contributed by atoms with Crippen molar-refractivity contribution in [2.75, 3.05) is 6.79 Å². The molecule has 0 saturated heterocycles. The predicted octanol–water partition coefficient (Wildman–Crippen LogP) is 4.82. The van der Waals surface area contributed by atoms with Gasteiger partial charge in [0.15, 0.2) is 22.5 Å². The van der Waals surface area contributed by atoms with Crippen LogP contribution in [0.5, 0.6) is 11.5 Å². The molecule has 0 unspecified atom stereocenters. The number of nitrogens with one attached hydrogen (secondary N) is 1. The summed E-state index contributed by atoms with van der Waals surface area (Å²) in [6.07, 6.45) is 0. The van der Waals surface area contributed by atoms with Crippen molar-refractivity contribution in [3.05, 3.63) is 93.5 Å². The standard InChI is InChI=1S/C26H23N5O5S/c1-2-30-24(19-8-10-21(11-9-19)31(33)34)28-29-26(30)37-15-17-3-6-20(7-4-17)25(32)27-14-18-5-12-22-23(13-18)36-16-35-22/h3-13H,2,14-16H2,1H3,(H,27,32). The van der Waals surface area contributed by atoms with E-state index in [1.807, 2.05) is 41.8 Å². The largest absolute Gasteiger partial charge is 0.454 e. The molecule has 0 saturated carbocycles. The molecule has 1 aliphatic rings. The molecule has 37 heavy (non-hydrogen) atoms. The van der Waals surface area contributed by atoms with Crippen LogP contribution in [0.3, 0.4) is 0 Å². The average molecular weight is 518 g/mol. The van der Waals surface area contributed by atoms with Crippen molar-refractivity contribution in [3.8, 4) is 22.9 Å². The SMILES string of the molecule is CCn1c(SCc2ccc(C(=O)NCc3ccc4c(c3)OCO4)cc2)nnc1-c1ccc([N+](=O)[O-])cc1. The number of thioether (sulfide) groups is 1. The summed E-state index contributed by atoms with van der Waals surface area (Å²) in [7, 11) is 0. The zero-order valence-electron chi connectivity index (χ0n) is 19.9. The molecule has 3 aromatic carbocycles. The lowest BCUT2D eigenvalue weighted by atomic mass is 10.1. The number of carbonyl (C=O) groups excluding carboxylic acids is 1. The van der Waals surface area contributed by atoms with Gasteiger partial charge >= 0.3 is 0 Å². The smallest absolute Gasteiger partial charge is 0.269 e. The van der Waals surface area contributed by atoms with Crippen molar-refractivity contribution in [1.82, 2.24) is 20.1 Å². The molecule has 1 amide bonds. The Kier molecular flexibility index (Phi) is 7.04. The van der Waals surface area contributed by atoms with Gasteiger partial charge in [-0.2, -0.15) is 0 Å². The Morgan fingerprint density at radius 2 is 1.76 bits per heavy atom. The molecule has 1 N–H and O–H groups in total. The van der Waals surface area contributed by atoms with Gasteiger partial charge in [0.2, 0.25) is 6.79 Å². The van der Waals surface area contributed by atoms with E-state index in [1.54, 1.807) is 24.3 Å². The van der Waals surface area contributed by atoms with Crippen LogP contribution in [0.25, 0.3) is 11.4 Å². The Hall–Kier alpha value is -4.38. The summed E-state index contributed by atoms with van der Waals surface area (Å²) in [5.74, 6) is 2.55. The molecule has 0 radical (unpaired) electrons. The van der Waals surface area contributed by atoms with E-state index in [0.29, 0.717) is 41.7 Å². The molecule has 11 heteroatoms. The maximum absolute atomic E-state index is 12.6. The molecule has 0 bridgehead atoms. The van der Waals surface area contributed by atoms with Crippen LogP contribution in [-0.2, 0) is 18.8 Å². The number of aromatic nitrogens is 3. The van der Waals surface area contributed by atoms with E-state index >= 15 is 0 Å². The van der Waals surface area contributed by atoms with E-state index in [0.717, 1.165) is 21.8 Å². The highest BCUT2D eigenvalue weighted by atomic mass is 32.2. The fourth-order valence-corrected chi connectivity index (χ4v) is 4.82. The monoisotopic (exact) mass is 517 g/mol. The van der Waals surface area contributed by atoms with Crippen molar-refractivity contribution >= 4 is 23.4 Å². The first-order valence-electron chi connectivity index (χ1n) is 11.6. The molecule has 0 aliphatic carbocycles. The van der Waals surface area contributed by atoms with Crippen molar-refractivity contribution in [3.63, 3.8) is 0 Å². The van der Waals surface area contributed by atoms with Crippen molar-refractivity contribution < 1.29 is 19.2 Å². The second-order valence-corrected chi connectivity index (χ2v) is 9.15. The number of rotatable bonds is 9. The van der Waals surface area contributed by atoms with Gasteiger partial charge < -0.3 is 19.4 Å². The van der Waals surface area contributed by atoms with Crippen molar-refractivity contribution in [1.29, 1.82) is 0 Å². The topological polar surface area (TPSA) is 121 Å². The van der Waals surface area contributed by atoms with Crippen LogP contribution in [0.2, 0.25) is 0 Å². The minimum absolute atomic E-state index is 0.0333. The summed E-state index contributed by atoms with van der Waals surface area (Å²) >= 11 is 1.54. The van der Waals surface area contributed by atoms with Gasteiger partial charge in [-0.25, -0.2) is 0 Å². The van der Waals surface area contributed by atoms with Crippen molar-refractivity contribution in [2.45, 2.75) is 30.9 Å². The summed E-state index contributed by atoms with van der Waals surface area (Å²) < 4.78 is 12.7.